The van der Waals surface area contributed by atoms with Gasteiger partial charge in [0.15, 0.2) is 10.9 Å². The van der Waals surface area contributed by atoms with Crippen LogP contribution in [0.1, 0.15) is 32.1 Å². The molecule has 2 heterocycles. The molecule has 2 aromatic heterocycles. The molecule has 0 unspecified atom stereocenters. The minimum atomic E-state index is -0.351. The van der Waals surface area contributed by atoms with Gasteiger partial charge in [-0.25, -0.2) is 9.37 Å². The molecule has 0 fully saturated rings. The molecule has 0 aliphatic heterocycles. The number of hydrogen-bond acceptors (Lipinski definition) is 5. The molecule has 1 N–H and O–H groups in total. The summed E-state index contributed by atoms with van der Waals surface area (Å²) in [5.74, 6) is -0.653. The first kappa shape index (κ1) is 15.6. The summed E-state index contributed by atoms with van der Waals surface area (Å²) in [5.41, 5.74) is 2.31. The second kappa shape index (κ2) is 6.18. The summed E-state index contributed by atoms with van der Waals surface area (Å²) < 4.78 is 13.0. The molecule has 0 atom stereocenters. The predicted molar refractivity (Wildman–Crippen MR) is 92.3 cm³/mol. The SMILES string of the molecule is O=C(Nc1nc2c(s1)CCC2=O)c1cncc(-c2ccc(F)cc2)c1. The van der Waals surface area contributed by atoms with Crippen LogP contribution in [-0.2, 0) is 6.42 Å². The second-order valence-electron chi connectivity index (χ2n) is 5.64. The maximum Gasteiger partial charge on any atom is 0.259 e. The van der Waals surface area contributed by atoms with Gasteiger partial charge < -0.3 is 0 Å². The highest BCUT2D eigenvalue weighted by Gasteiger charge is 2.25. The van der Waals surface area contributed by atoms with E-state index in [0.717, 1.165) is 10.4 Å². The van der Waals surface area contributed by atoms with Gasteiger partial charge in [-0.1, -0.05) is 12.1 Å². The highest BCUT2D eigenvalue weighted by molar-refractivity contribution is 7.16. The quantitative estimate of drug-likeness (QED) is 0.779. The van der Waals surface area contributed by atoms with Crippen LogP contribution < -0.4 is 5.32 Å². The van der Waals surface area contributed by atoms with E-state index in [0.29, 0.717) is 34.8 Å². The van der Waals surface area contributed by atoms with Crippen molar-refractivity contribution in [3.63, 3.8) is 0 Å². The largest absolute Gasteiger partial charge is 0.298 e. The van der Waals surface area contributed by atoms with Gasteiger partial charge >= 0.3 is 0 Å². The lowest BCUT2D eigenvalue weighted by atomic mass is 10.1. The predicted octanol–water partition coefficient (Wildman–Crippen LogP) is 3.73. The lowest BCUT2D eigenvalue weighted by Gasteiger charge is -2.05. The fourth-order valence-corrected chi connectivity index (χ4v) is 3.65. The Balaban J connectivity index is 1.56. The molecule has 5 nitrogen and oxygen atoms in total. The van der Waals surface area contributed by atoms with Crippen LogP contribution in [-0.4, -0.2) is 21.7 Å². The summed E-state index contributed by atoms with van der Waals surface area (Å²) in [7, 11) is 0. The van der Waals surface area contributed by atoms with Crippen LogP contribution in [0.4, 0.5) is 9.52 Å². The maximum absolute atomic E-state index is 13.0. The zero-order valence-corrected chi connectivity index (χ0v) is 13.8. The van der Waals surface area contributed by atoms with Crippen LogP contribution in [0.25, 0.3) is 11.1 Å². The van der Waals surface area contributed by atoms with Crippen molar-refractivity contribution in [2.45, 2.75) is 12.8 Å². The van der Waals surface area contributed by atoms with Crippen LogP contribution in [0.2, 0.25) is 0 Å². The average Bonchev–Trinajstić information content (AvgIpc) is 3.17. The summed E-state index contributed by atoms with van der Waals surface area (Å²) in [6, 6.07) is 7.66. The maximum atomic E-state index is 13.0. The van der Waals surface area contributed by atoms with E-state index in [1.54, 1.807) is 24.4 Å². The molecule has 1 amide bonds. The molecule has 0 spiro atoms. The number of carbonyl (C=O) groups excluding carboxylic acids is 2. The molecule has 1 aromatic carbocycles. The third kappa shape index (κ3) is 3.06. The molecular formula is C18H12FN3O2S. The fourth-order valence-electron chi connectivity index (χ4n) is 2.67. The number of pyridine rings is 1. The minimum Gasteiger partial charge on any atom is -0.298 e. The average molecular weight is 353 g/mol. The number of fused-ring (bicyclic) bond motifs is 1. The van der Waals surface area contributed by atoms with Gasteiger partial charge in [-0.3, -0.25) is 19.9 Å². The highest BCUT2D eigenvalue weighted by Crippen LogP contribution is 2.30. The van der Waals surface area contributed by atoms with Crippen molar-refractivity contribution >= 4 is 28.2 Å². The third-order valence-corrected chi connectivity index (χ3v) is 4.97. The van der Waals surface area contributed by atoms with Gasteiger partial charge in [0.05, 0.1) is 5.56 Å². The van der Waals surface area contributed by atoms with Gasteiger partial charge in [-0.2, -0.15) is 0 Å². The Morgan fingerprint density at radius 3 is 2.68 bits per heavy atom. The van der Waals surface area contributed by atoms with Crippen LogP contribution >= 0.6 is 11.3 Å². The summed E-state index contributed by atoms with van der Waals surface area (Å²) >= 11 is 1.32. The van der Waals surface area contributed by atoms with E-state index in [2.05, 4.69) is 15.3 Å². The normalized spacial score (nSPS) is 12.9. The fraction of sp³-hybridized carbons (Fsp3) is 0.111. The Morgan fingerprint density at radius 2 is 1.92 bits per heavy atom. The molecule has 1 aliphatic rings. The van der Waals surface area contributed by atoms with Crippen molar-refractivity contribution in [2.75, 3.05) is 5.32 Å². The number of halogens is 1. The number of Topliss-reactive ketones (excluding diaryl/α,β-unsaturated/α-hetero) is 1. The van der Waals surface area contributed by atoms with Gasteiger partial charge in [0.25, 0.3) is 5.91 Å². The smallest absolute Gasteiger partial charge is 0.259 e. The summed E-state index contributed by atoms with van der Waals surface area (Å²) in [6.45, 7) is 0. The standard InChI is InChI=1S/C18H12FN3O2S/c19-13-3-1-10(2-4-13)11-7-12(9-20-8-11)17(24)22-18-21-16-14(23)5-6-15(16)25-18/h1-4,7-9H,5-6H2,(H,21,22,24). The second-order valence-corrected chi connectivity index (χ2v) is 6.72. The van der Waals surface area contributed by atoms with Gasteiger partial charge in [0.2, 0.25) is 0 Å². The number of aromatic nitrogens is 2. The number of rotatable bonds is 3. The Kier molecular flexibility index (Phi) is 3.85. The molecule has 25 heavy (non-hydrogen) atoms. The molecular weight excluding hydrogens is 341 g/mol. The first-order valence-corrected chi connectivity index (χ1v) is 8.47. The van der Waals surface area contributed by atoms with E-state index in [4.69, 9.17) is 0 Å². The molecule has 4 rings (SSSR count). The first-order chi connectivity index (χ1) is 12.1. The van der Waals surface area contributed by atoms with E-state index >= 15 is 0 Å². The third-order valence-electron chi connectivity index (χ3n) is 3.94. The Morgan fingerprint density at radius 1 is 1.12 bits per heavy atom. The van der Waals surface area contributed by atoms with Crippen LogP contribution in [0, 0.1) is 5.82 Å². The Hall–Kier alpha value is -2.93. The molecule has 0 saturated carbocycles. The van der Waals surface area contributed by atoms with Gasteiger partial charge in [-0.05, 0) is 30.2 Å². The number of nitrogens with one attached hydrogen (secondary N) is 1. The number of nitrogens with zero attached hydrogens (tertiary/aromatic N) is 2. The summed E-state index contributed by atoms with van der Waals surface area (Å²) in [4.78, 5) is 33.3. The van der Waals surface area contributed by atoms with E-state index in [-0.39, 0.29) is 17.5 Å². The first-order valence-electron chi connectivity index (χ1n) is 7.65. The zero-order valence-electron chi connectivity index (χ0n) is 13.0. The number of aryl methyl sites for hydroxylation is 1. The van der Waals surface area contributed by atoms with Crippen molar-refractivity contribution in [3.8, 4) is 11.1 Å². The minimum absolute atomic E-state index is 0.0201. The zero-order chi connectivity index (χ0) is 17.4. The number of thiazole rings is 1. The van der Waals surface area contributed by atoms with Crippen molar-refractivity contribution < 1.29 is 14.0 Å². The number of benzene rings is 1. The van der Waals surface area contributed by atoms with Crippen molar-refractivity contribution in [1.82, 2.24) is 9.97 Å². The van der Waals surface area contributed by atoms with Gasteiger partial charge in [0.1, 0.15) is 11.5 Å². The lowest BCUT2D eigenvalue weighted by Crippen LogP contribution is -2.12. The molecule has 0 radical (unpaired) electrons. The van der Waals surface area contributed by atoms with E-state index in [9.17, 15) is 14.0 Å². The number of carbonyl (C=O) groups is 2. The molecule has 1 aliphatic carbocycles. The lowest BCUT2D eigenvalue weighted by molar-refractivity contribution is 0.0987. The van der Waals surface area contributed by atoms with Crippen molar-refractivity contribution in [1.29, 1.82) is 0 Å². The van der Waals surface area contributed by atoms with E-state index < -0.39 is 0 Å². The van der Waals surface area contributed by atoms with Gasteiger partial charge in [0, 0.05) is 29.3 Å². The summed E-state index contributed by atoms with van der Waals surface area (Å²) in [5, 5.41) is 3.12. The van der Waals surface area contributed by atoms with Crippen LogP contribution in [0.3, 0.4) is 0 Å². The molecule has 0 saturated heterocycles. The van der Waals surface area contributed by atoms with Crippen LogP contribution in [0.15, 0.2) is 42.7 Å². The van der Waals surface area contributed by atoms with Crippen molar-refractivity contribution in [3.05, 3.63) is 64.7 Å². The number of ketones is 1. The Labute approximate surface area is 146 Å². The topological polar surface area (TPSA) is 72.0 Å². The van der Waals surface area contributed by atoms with Crippen LogP contribution in [0.5, 0.6) is 0 Å². The molecule has 3 aromatic rings. The summed E-state index contributed by atoms with van der Waals surface area (Å²) in [6.07, 6.45) is 4.24. The van der Waals surface area contributed by atoms with Crippen molar-refractivity contribution in [2.24, 2.45) is 0 Å². The molecule has 0 bridgehead atoms. The van der Waals surface area contributed by atoms with Gasteiger partial charge in [-0.15, -0.1) is 11.3 Å². The highest BCUT2D eigenvalue weighted by atomic mass is 32.1. The number of anilines is 1. The van der Waals surface area contributed by atoms with E-state index in [1.165, 1.54) is 29.7 Å². The number of hydrogen-bond donors (Lipinski definition) is 1. The number of amides is 1. The monoisotopic (exact) mass is 353 g/mol. The molecule has 7 heteroatoms. The molecule has 124 valence electrons. The Bertz CT molecular complexity index is 982. The van der Waals surface area contributed by atoms with E-state index in [1.807, 2.05) is 0 Å².